The van der Waals surface area contributed by atoms with Gasteiger partial charge in [0, 0.05) is 11.6 Å². The molecule has 1 heterocycles. The highest BCUT2D eigenvalue weighted by Gasteiger charge is 2.05. The van der Waals surface area contributed by atoms with Gasteiger partial charge in [0.2, 0.25) is 0 Å². The second-order valence-corrected chi connectivity index (χ2v) is 3.37. The van der Waals surface area contributed by atoms with Gasteiger partial charge in [-0.15, -0.1) is 0 Å². The van der Waals surface area contributed by atoms with Gasteiger partial charge < -0.3 is 0 Å². The molecular formula is C12H10N2. The van der Waals surface area contributed by atoms with Gasteiger partial charge in [-0.1, -0.05) is 0 Å². The van der Waals surface area contributed by atoms with Crippen LogP contribution in [0.25, 0.3) is 10.9 Å². The molecule has 0 fully saturated rings. The van der Waals surface area contributed by atoms with E-state index in [1.54, 1.807) is 6.20 Å². The first-order chi connectivity index (χ1) is 6.74. The Labute approximate surface area is 82.8 Å². The van der Waals surface area contributed by atoms with Crippen LogP contribution in [-0.4, -0.2) is 4.98 Å². The molecule has 0 spiro atoms. The summed E-state index contributed by atoms with van der Waals surface area (Å²) in [5, 5.41) is 10.0. The largest absolute Gasteiger partial charge is 0.256 e. The first-order valence-corrected chi connectivity index (χ1v) is 4.49. The molecule has 0 unspecified atom stereocenters. The third-order valence-corrected chi connectivity index (χ3v) is 2.50. The maximum absolute atomic E-state index is 8.90. The van der Waals surface area contributed by atoms with E-state index in [4.69, 9.17) is 5.26 Å². The predicted molar refractivity (Wildman–Crippen MR) is 55.9 cm³/mol. The van der Waals surface area contributed by atoms with Gasteiger partial charge in [0.05, 0.1) is 17.1 Å². The van der Waals surface area contributed by atoms with E-state index in [0.717, 1.165) is 22.0 Å². The molecular weight excluding hydrogens is 172 g/mol. The summed E-state index contributed by atoms with van der Waals surface area (Å²) in [5.74, 6) is 0. The van der Waals surface area contributed by atoms with Gasteiger partial charge in [-0.3, -0.25) is 4.98 Å². The standard InChI is InChI=1S/C12H10N2/c1-8-5-6-14-11-4-3-10(7-13)9(2)12(8)11/h3-6H,1-2H3. The van der Waals surface area contributed by atoms with Crippen LogP contribution in [0.2, 0.25) is 0 Å². The van der Waals surface area contributed by atoms with E-state index in [1.165, 1.54) is 5.56 Å². The van der Waals surface area contributed by atoms with E-state index in [-0.39, 0.29) is 0 Å². The van der Waals surface area contributed by atoms with Crippen molar-refractivity contribution in [1.82, 2.24) is 4.98 Å². The highest BCUT2D eigenvalue weighted by molar-refractivity contribution is 5.86. The van der Waals surface area contributed by atoms with Gasteiger partial charge in [-0.25, -0.2) is 0 Å². The van der Waals surface area contributed by atoms with Crippen molar-refractivity contribution in [1.29, 1.82) is 5.26 Å². The lowest BCUT2D eigenvalue weighted by Crippen LogP contribution is -1.89. The number of benzene rings is 1. The van der Waals surface area contributed by atoms with Crippen LogP contribution in [0.5, 0.6) is 0 Å². The zero-order chi connectivity index (χ0) is 10.1. The SMILES string of the molecule is Cc1ccnc2ccc(C#N)c(C)c12. The van der Waals surface area contributed by atoms with E-state index in [9.17, 15) is 0 Å². The Bertz CT molecular complexity index is 536. The minimum Gasteiger partial charge on any atom is -0.256 e. The number of rotatable bonds is 0. The fourth-order valence-corrected chi connectivity index (χ4v) is 1.74. The first-order valence-electron chi connectivity index (χ1n) is 4.49. The summed E-state index contributed by atoms with van der Waals surface area (Å²) in [6.45, 7) is 4.01. The van der Waals surface area contributed by atoms with Crippen LogP contribution in [-0.2, 0) is 0 Å². The van der Waals surface area contributed by atoms with E-state index >= 15 is 0 Å². The van der Waals surface area contributed by atoms with Crippen molar-refractivity contribution in [2.24, 2.45) is 0 Å². The maximum atomic E-state index is 8.90. The smallest absolute Gasteiger partial charge is 0.0994 e. The fourth-order valence-electron chi connectivity index (χ4n) is 1.74. The molecule has 0 atom stereocenters. The summed E-state index contributed by atoms with van der Waals surface area (Å²) in [4.78, 5) is 4.27. The van der Waals surface area contributed by atoms with Crippen LogP contribution in [0.3, 0.4) is 0 Å². The molecule has 0 radical (unpaired) electrons. The monoisotopic (exact) mass is 182 g/mol. The van der Waals surface area contributed by atoms with E-state index < -0.39 is 0 Å². The molecule has 0 aliphatic heterocycles. The zero-order valence-electron chi connectivity index (χ0n) is 8.20. The molecule has 0 saturated carbocycles. The van der Waals surface area contributed by atoms with E-state index in [0.29, 0.717) is 0 Å². The Balaban J connectivity index is 2.95. The molecule has 1 aromatic carbocycles. The molecule has 0 amide bonds. The lowest BCUT2D eigenvalue weighted by Gasteiger charge is -2.05. The Hall–Kier alpha value is -1.88. The Kier molecular flexibility index (Phi) is 1.94. The number of aromatic nitrogens is 1. The molecule has 0 aliphatic rings. The second-order valence-electron chi connectivity index (χ2n) is 3.37. The topological polar surface area (TPSA) is 36.7 Å². The van der Waals surface area contributed by atoms with Gasteiger partial charge in [0.15, 0.2) is 0 Å². The Morgan fingerprint density at radius 3 is 2.71 bits per heavy atom. The molecule has 0 N–H and O–H groups in total. The van der Waals surface area contributed by atoms with Crippen LogP contribution in [0, 0.1) is 25.2 Å². The molecule has 1 aromatic heterocycles. The molecule has 0 saturated heterocycles. The second kappa shape index (κ2) is 3.12. The van der Waals surface area contributed by atoms with Crippen LogP contribution in [0.4, 0.5) is 0 Å². The summed E-state index contributed by atoms with van der Waals surface area (Å²) in [6.07, 6.45) is 1.79. The predicted octanol–water partition coefficient (Wildman–Crippen LogP) is 2.72. The van der Waals surface area contributed by atoms with Gasteiger partial charge in [0.1, 0.15) is 0 Å². The van der Waals surface area contributed by atoms with Crippen molar-refractivity contribution < 1.29 is 0 Å². The van der Waals surface area contributed by atoms with Crippen molar-refractivity contribution >= 4 is 10.9 Å². The van der Waals surface area contributed by atoms with Crippen molar-refractivity contribution in [3.05, 3.63) is 41.1 Å². The molecule has 0 bridgehead atoms. The van der Waals surface area contributed by atoms with Crippen LogP contribution in [0.1, 0.15) is 16.7 Å². The molecule has 2 rings (SSSR count). The Morgan fingerprint density at radius 2 is 2.00 bits per heavy atom. The summed E-state index contributed by atoms with van der Waals surface area (Å²) in [7, 11) is 0. The molecule has 14 heavy (non-hydrogen) atoms. The minimum absolute atomic E-state index is 0.730. The van der Waals surface area contributed by atoms with Crippen LogP contribution in [0.15, 0.2) is 24.4 Å². The lowest BCUT2D eigenvalue weighted by atomic mass is 10.0. The van der Waals surface area contributed by atoms with Gasteiger partial charge >= 0.3 is 0 Å². The number of pyridine rings is 1. The molecule has 2 heteroatoms. The third-order valence-electron chi connectivity index (χ3n) is 2.50. The van der Waals surface area contributed by atoms with E-state index in [2.05, 4.69) is 11.1 Å². The first kappa shape index (κ1) is 8.71. The van der Waals surface area contributed by atoms with Crippen molar-refractivity contribution in [2.75, 3.05) is 0 Å². The van der Waals surface area contributed by atoms with Gasteiger partial charge in [-0.2, -0.15) is 5.26 Å². The van der Waals surface area contributed by atoms with Crippen LogP contribution < -0.4 is 0 Å². The third kappa shape index (κ3) is 1.14. The number of hydrogen-bond donors (Lipinski definition) is 0. The Morgan fingerprint density at radius 1 is 1.21 bits per heavy atom. The zero-order valence-corrected chi connectivity index (χ0v) is 8.20. The molecule has 68 valence electrons. The van der Waals surface area contributed by atoms with Crippen molar-refractivity contribution in [2.45, 2.75) is 13.8 Å². The van der Waals surface area contributed by atoms with Crippen LogP contribution >= 0.6 is 0 Å². The van der Waals surface area contributed by atoms with Crippen molar-refractivity contribution in [3.8, 4) is 6.07 Å². The number of fused-ring (bicyclic) bond motifs is 1. The maximum Gasteiger partial charge on any atom is 0.0994 e. The van der Waals surface area contributed by atoms with Gasteiger partial charge in [0.25, 0.3) is 0 Å². The molecule has 0 aliphatic carbocycles. The normalized spacial score (nSPS) is 10.1. The number of nitriles is 1. The van der Waals surface area contributed by atoms with Crippen molar-refractivity contribution in [3.63, 3.8) is 0 Å². The molecule has 2 aromatic rings. The summed E-state index contributed by atoms with van der Waals surface area (Å²) < 4.78 is 0. The average molecular weight is 182 g/mol. The number of aryl methyl sites for hydroxylation is 2. The van der Waals surface area contributed by atoms with E-state index in [1.807, 2.05) is 32.0 Å². The highest BCUT2D eigenvalue weighted by Crippen LogP contribution is 2.22. The fraction of sp³-hybridized carbons (Fsp3) is 0.167. The molecule has 2 nitrogen and oxygen atoms in total. The average Bonchev–Trinajstić information content (AvgIpc) is 2.18. The summed E-state index contributed by atoms with van der Waals surface area (Å²) >= 11 is 0. The summed E-state index contributed by atoms with van der Waals surface area (Å²) in [5.41, 5.74) is 3.88. The minimum atomic E-state index is 0.730. The number of hydrogen-bond acceptors (Lipinski definition) is 2. The number of nitrogens with zero attached hydrogens (tertiary/aromatic N) is 2. The highest BCUT2D eigenvalue weighted by atomic mass is 14.6. The summed E-state index contributed by atoms with van der Waals surface area (Å²) in [6, 6.07) is 7.88. The van der Waals surface area contributed by atoms with Gasteiger partial charge in [-0.05, 0) is 43.2 Å². The quantitative estimate of drug-likeness (QED) is 0.628. The lowest BCUT2D eigenvalue weighted by molar-refractivity contribution is 1.33.